The van der Waals surface area contributed by atoms with Gasteiger partial charge in [-0.3, -0.25) is 4.79 Å². The van der Waals surface area contributed by atoms with Gasteiger partial charge in [-0.15, -0.1) is 0 Å². The molecule has 1 aromatic rings. The van der Waals surface area contributed by atoms with E-state index in [0.29, 0.717) is 5.92 Å². The molecule has 1 saturated heterocycles. The number of nitrogens with zero attached hydrogens (tertiary/aromatic N) is 1. The molecule has 0 saturated carbocycles. The highest BCUT2D eigenvalue weighted by atomic mass is 16.5. The number of rotatable bonds is 3. The maximum absolute atomic E-state index is 12.5. The molecule has 108 valence electrons. The second kappa shape index (κ2) is 5.94. The number of benzene rings is 1. The minimum atomic E-state index is 0.131. The van der Waals surface area contributed by atoms with Crippen LogP contribution in [-0.4, -0.2) is 37.6 Å². The standard InChI is InChI=1S/C16H22N2O2/c1-18(11-12-4-6-20-7-5-12)16(19)13-2-3-14-9-17-10-15(14)8-13/h2-3,8,12,17H,4-7,9-11H2,1H3. The van der Waals surface area contributed by atoms with E-state index in [0.717, 1.165) is 51.3 Å². The highest BCUT2D eigenvalue weighted by Crippen LogP contribution is 2.20. The van der Waals surface area contributed by atoms with Gasteiger partial charge in [-0.1, -0.05) is 6.07 Å². The second-order valence-corrected chi connectivity index (χ2v) is 5.83. The molecule has 1 fully saturated rings. The van der Waals surface area contributed by atoms with Gasteiger partial charge in [0.1, 0.15) is 0 Å². The Morgan fingerprint density at radius 2 is 2.05 bits per heavy atom. The van der Waals surface area contributed by atoms with Crippen LogP contribution in [0.3, 0.4) is 0 Å². The fourth-order valence-electron chi connectivity index (χ4n) is 3.05. The molecule has 1 N–H and O–H groups in total. The van der Waals surface area contributed by atoms with Gasteiger partial charge in [-0.25, -0.2) is 0 Å². The molecule has 0 bridgehead atoms. The summed E-state index contributed by atoms with van der Waals surface area (Å²) in [6.07, 6.45) is 2.12. The van der Waals surface area contributed by atoms with E-state index in [1.54, 1.807) is 0 Å². The van der Waals surface area contributed by atoms with E-state index in [1.165, 1.54) is 11.1 Å². The van der Waals surface area contributed by atoms with E-state index in [2.05, 4.69) is 11.4 Å². The van der Waals surface area contributed by atoms with Crippen LogP contribution in [0.5, 0.6) is 0 Å². The van der Waals surface area contributed by atoms with Crippen LogP contribution in [0, 0.1) is 5.92 Å². The van der Waals surface area contributed by atoms with Crippen molar-refractivity contribution in [2.45, 2.75) is 25.9 Å². The van der Waals surface area contributed by atoms with E-state index in [-0.39, 0.29) is 5.91 Å². The fraction of sp³-hybridized carbons (Fsp3) is 0.562. The lowest BCUT2D eigenvalue weighted by atomic mass is 9.99. The van der Waals surface area contributed by atoms with Gasteiger partial charge < -0.3 is 15.0 Å². The molecule has 0 unspecified atom stereocenters. The number of ether oxygens (including phenoxy) is 1. The number of amides is 1. The Kier molecular flexibility index (Phi) is 4.03. The van der Waals surface area contributed by atoms with E-state index in [4.69, 9.17) is 4.74 Å². The number of nitrogens with one attached hydrogen (secondary N) is 1. The van der Waals surface area contributed by atoms with E-state index in [1.807, 2.05) is 24.1 Å². The lowest BCUT2D eigenvalue weighted by Crippen LogP contribution is -2.34. The molecule has 0 atom stereocenters. The maximum Gasteiger partial charge on any atom is 0.253 e. The van der Waals surface area contributed by atoms with Gasteiger partial charge in [0, 0.05) is 45.5 Å². The van der Waals surface area contributed by atoms with Crippen LogP contribution in [0.2, 0.25) is 0 Å². The number of carbonyl (C=O) groups is 1. The van der Waals surface area contributed by atoms with Gasteiger partial charge in [0.15, 0.2) is 0 Å². The summed E-state index contributed by atoms with van der Waals surface area (Å²) in [7, 11) is 1.91. The van der Waals surface area contributed by atoms with Crippen LogP contribution in [0.1, 0.15) is 34.3 Å². The number of hydrogen-bond acceptors (Lipinski definition) is 3. The Bertz CT molecular complexity index is 495. The van der Waals surface area contributed by atoms with Crippen LogP contribution in [0.25, 0.3) is 0 Å². The van der Waals surface area contributed by atoms with Crippen molar-refractivity contribution in [2.24, 2.45) is 5.92 Å². The van der Waals surface area contributed by atoms with Crippen molar-refractivity contribution in [2.75, 3.05) is 26.8 Å². The van der Waals surface area contributed by atoms with Gasteiger partial charge in [-0.2, -0.15) is 0 Å². The van der Waals surface area contributed by atoms with Crippen molar-refractivity contribution in [3.8, 4) is 0 Å². The first-order chi connectivity index (χ1) is 9.74. The van der Waals surface area contributed by atoms with Crippen LogP contribution in [0.15, 0.2) is 18.2 Å². The number of fused-ring (bicyclic) bond motifs is 1. The first kappa shape index (κ1) is 13.6. The molecular formula is C16H22N2O2. The molecule has 2 aliphatic rings. The summed E-state index contributed by atoms with van der Waals surface area (Å²) < 4.78 is 5.37. The molecule has 0 aromatic heterocycles. The molecule has 2 aliphatic heterocycles. The smallest absolute Gasteiger partial charge is 0.253 e. The highest BCUT2D eigenvalue weighted by Gasteiger charge is 2.20. The molecule has 1 amide bonds. The second-order valence-electron chi connectivity index (χ2n) is 5.83. The summed E-state index contributed by atoms with van der Waals surface area (Å²) in [6, 6.07) is 6.07. The molecule has 2 heterocycles. The molecule has 20 heavy (non-hydrogen) atoms. The summed E-state index contributed by atoms with van der Waals surface area (Å²) in [4.78, 5) is 14.4. The first-order valence-electron chi connectivity index (χ1n) is 7.40. The third-order valence-corrected chi connectivity index (χ3v) is 4.30. The fourth-order valence-corrected chi connectivity index (χ4v) is 3.05. The summed E-state index contributed by atoms with van der Waals surface area (Å²) >= 11 is 0. The summed E-state index contributed by atoms with van der Waals surface area (Å²) in [6.45, 7) is 4.29. The summed E-state index contributed by atoms with van der Waals surface area (Å²) in [5.74, 6) is 0.708. The van der Waals surface area contributed by atoms with Gasteiger partial charge in [0.05, 0.1) is 0 Å². The molecule has 4 nitrogen and oxygen atoms in total. The number of hydrogen-bond donors (Lipinski definition) is 1. The number of carbonyl (C=O) groups excluding carboxylic acids is 1. The first-order valence-corrected chi connectivity index (χ1v) is 7.40. The Labute approximate surface area is 120 Å². The minimum absolute atomic E-state index is 0.131. The largest absolute Gasteiger partial charge is 0.381 e. The lowest BCUT2D eigenvalue weighted by molar-refractivity contribution is 0.0497. The van der Waals surface area contributed by atoms with Crippen molar-refractivity contribution in [1.82, 2.24) is 10.2 Å². The molecule has 1 aromatic carbocycles. The van der Waals surface area contributed by atoms with Crippen LogP contribution < -0.4 is 5.32 Å². The molecule has 0 spiro atoms. The van der Waals surface area contributed by atoms with Gasteiger partial charge >= 0.3 is 0 Å². The highest BCUT2D eigenvalue weighted by molar-refractivity contribution is 5.94. The van der Waals surface area contributed by atoms with Crippen molar-refractivity contribution >= 4 is 5.91 Å². The zero-order chi connectivity index (χ0) is 13.9. The Morgan fingerprint density at radius 1 is 1.30 bits per heavy atom. The predicted octanol–water partition coefficient (Wildman–Crippen LogP) is 1.79. The topological polar surface area (TPSA) is 41.6 Å². The lowest BCUT2D eigenvalue weighted by Gasteiger charge is -2.27. The average molecular weight is 274 g/mol. The Balaban J connectivity index is 1.65. The van der Waals surface area contributed by atoms with Crippen molar-refractivity contribution < 1.29 is 9.53 Å². The van der Waals surface area contributed by atoms with Gasteiger partial charge in [0.25, 0.3) is 5.91 Å². The monoisotopic (exact) mass is 274 g/mol. The van der Waals surface area contributed by atoms with Crippen LogP contribution in [0.4, 0.5) is 0 Å². The predicted molar refractivity (Wildman–Crippen MR) is 77.5 cm³/mol. The molecular weight excluding hydrogens is 252 g/mol. The van der Waals surface area contributed by atoms with Crippen LogP contribution >= 0.6 is 0 Å². The Hall–Kier alpha value is -1.39. The SMILES string of the molecule is CN(CC1CCOCC1)C(=O)c1ccc2c(c1)CNC2. The van der Waals surface area contributed by atoms with Gasteiger partial charge in [-0.05, 0) is 42.0 Å². The third-order valence-electron chi connectivity index (χ3n) is 4.30. The quantitative estimate of drug-likeness (QED) is 0.913. The molecule has 0 aliphatic carbocycles. The van der Waals surface area contributed by atoms with Gasteiger partial charge in [0.2, 0.25) is 0 Å². The zero-order valence-corrected chi connectivity index (χ0v) is 12.0. The molecule has 4 heteroatoms. The van der Waals surface area contributed by atoms with E-state index < -0.39 is 0 Å². The van der Waals surface area contributed by atoms with Crippen molar-refractivity contribution in [3.63, 3.8) is 0 Å². The van der Waals surface area contributed by atoms with Crippen molar-refractivity contribution in [1.29, 1.82) is 0 Å². The van der Waals surface area contributed by atoms with E-state index in [9.17, 15) is 4.79 Å². The zero-order valence-electron chi connectivity index (χ0n) is 12.0. The minimum Gasteiger partial charge on any atom is -0.381 e. The molecule has 3 rings (SSSR count). The molecule has 0 radical (unpaired) electrons. The van der Waals surface area contributed by atoms with Crippen molar-refractivity contribution in [3.05, 3.63) is 34.9 Å². The maximum atomic E-state index is 12.5. The average Bonchev–Trinajstić information content (AvgIpc) is 2.94. The summed E-state index contributed by atoms with van der Waals surface area (Å²) in [5, 5.41) is 3.31. The van der Waals surface area contributed by atoms with Crippen LogP contribution in [-0.2, 0) is 17.8 Å². The third kappa shape index (κ3) is 2.86. The normalized spacial score (nSPS) is 18.9. The Morgan fingerprint density at radius 3 is 2.85 bits per heavy atom. The summed E-state index contributed by atoms with van der Waals surface area (Å²) in [5.41, 5.74) is 3.38. The van der Waals surface area contributed by atoms with E-state index >= 15 is 0 Å².